The number of aryl methyl sites for hydroxylation is 2. The van der Waals surface area contributed by atoms with Gasteiger partial charge in [0.15, 0.2) is 5.65 Å². The van der Waals surface area contributed by atoms with Crippen molar-refractivity contribution in [2.24, 2.45) is 0 Å². The highest BCUT2D eigenvalue weighted by molar-refractivity contribution is 5.77. The van der Waals surface area contributed by atoms with Crippen molar-refractivity contribution in [2.75, 3.05) is 7.11 Å². The van der Waals surface area contributed by atoms with E-state index in [1.54, 1.807) is 11.6 Å². The summed E-state index contributed by atoms with van der Waals surface area (Å²) in [4.78, 5) is 28.6. The molecule has 0 unspecified atom stereocenters. The SMILES string of the molecule is COC(=O)[C@@H](C)n1cnc2c(cnn2-c2ccc(C)c(C)c2)c1=O. The smallest absolute Gasteiger partial charge is 0.328 e. The van der Waals surface area contributed by atoms with Crippen LogP contribution in [-0.4, -0.2) is 32.4 Å². The topological polar surface area (TPSA) is 79.0 Å². The van der Waals surface area contributed by atoms with E-state index in [4.69, 9.17) is 0 Å². The van der Waals surface area contributed by atoms with Crippen LogP contribution in [0.5, 0.6) is 0 Å². The Labute approximate surface area is 138 Å². The average molecular weight is 326 g/mol. The Morgan fingerprint density at radius 2 is 2.00 bits per heavy atom. The first-order valence-corrected chi connectivity index (χ1v) is 7.54. The van der Waals surface area contributed by atoms with Crippen LogP contribution in [0.2, 0.25) is 0 Å². The Kier molecular flexibility index (Phi) is 3.92. The number of carbonyl (C=O) groups is 1. The summed E-state index contributed by atoms with van der Waals surface area (Å²) in [6.07, 6.45) is 2.83. The Hall–Kier alpha value is -2.96. The highest BCUT2D eigenvalue weighted by Gasteiger charge is 2.19. The second-order valence-corrected chi connectivity index (χ2v) is 5.72. The molecule has 0 amide bonds. The number of hydrogen-bond donors (Lipinski definition) is 0. The van der Waals surface area contributed by atoms with Gasteiger partial charge in [-0.1, -0.05) is 6.07 Å². The fraction of sp³-hybridized carbons (Fsp3) is 0.294. The number of fused-ring (bicyclic) bond motifs is 1. The zero-order chi connectivity index (χ0) is 17.4. The zero-order valence-corrected chi connectivity index (χ0v) is 14.0. The summed E-state index contributed by atoms with van der Waals surface area (Å²) >= 11 is 0. The van der Waals surface area contributed by atoms with Gasteiger partial charge in [-0.15, -0.1) is 0 Å². The average Bonchev–Trinajstić information content (AvgIpc) is 3.01. The van der Waals surface area contributed by atoms with Crippen molar-refractivity contribution >= 4 is 17.0 Å². The highest BCUT2D eigenvalue weighted by atomic mass is 16.5. The number of hydrogen-bond acceptors (Lipinski definition) is 5. The van der Waals surface area contributed by atoms with Crippen LogP contribution in [0, 0.1) is 13.8 Å². The van der Waals surface area contributed by atoms with Crippen LogP contribution < -0.4 is 5.56 Å². The van der Waals surface area contributed by atoms with E-state index in [0.717, 1.165) is 11.3 Å². The monoisotopic (exact) mass is 326 g/mol. The Morgan fingerprint density at radius 1 is 1.25 bits per heavy atom. The summed E-state index contributed by atoms with van der Waals surface area (Å²) in [5.74, 6) is -0.500. The molecule has 1 atom stereocenters. The molecule has 0 saturated carbocycles. The van der Waals surface area contributed by atoms with Gasteiger partial charge in [-0.05, 0) is 44.0 Å². The number of esters is 1. The van der Waals surface area contributed by atoms with Gasteiger partial charge >= 0.3 is 5.97 Å². The first-order valence-electron chi connectivity index (χ1n) is 7.54. The molecule has 0 aliphatic rings. The van der Waals surface area contributed by atoms with E-state index < -0.39 is 12.0 Å². The number of rotatable bonds is 3. The summed E-state index contributed by atoms with van der Waals surface area (Å²) in [6.45, 7) is 5.64. The van der Waals surface area contributed by atoms with Crippen molar-refractivity contribution in [3.63, 3.8) is 0 Å². The fourth-order valence-electron chi connectivity index (χ4n) is 2.53. The lowest BCUT2D eigenvalue weighted by molar-refractivity contribution is -0.144. The molecule has 3 rings (SSSR count). The second-order valence-electron chi connectivity index (χ2n) is 5.72. The van der Waals surface area contributed by atoms with Crippen molar-refractivity contribution < 1.29 is 9.53 Å². The number of methoxy groups -OCH3 is 1. The second kappa shape index (κ2) is 5.92. The molecule has 0 spiro atoms. The molecule has 0 fully saturated rings. The molecule has 0 radical (unpaired) electrons. The van der Waals surface area contributed by atoms with Gasteiger partial charge < -0.3 is 4.74 Å². The third-order valence-corrected chi connectivity index (χ3v) is 4.21. The van der Waals surface area contributed by atoms with Crippen LogP contribution in [0.4, 0.5) is 0 Å². The summed E-state index contributed by atoms with van der Waals surface area (Å²) in [6, 6.07) is 5.17. The van der Waals surface area contributed by atoms with Crippen molar-refractivity contribution in [1.29, 1.82) is 0 Å². The number of benzene rings is 1. The van der Waals surface area contributed by atoms with Crippen molar-refractivity contribution in [3.05, 3.63) is 52.2 Å². The predicted octanol–water partition coefficient (Wildman–Crippen LogP) is 1.93. The lowest BCUT2D eigenvalue weighted by Gasteiger charge is -2.12. The summed E-state index contributed by atoms with van der Waals surface area (Å²) in [7, 11) is 1.29. The van der Waals surface area contributed by atoms with Crippen LogP contribution in [0.1, 0.15) is 24.1 Å². The molecule has 7 heteroatoms. The molecule has 0 aliphatic carbocycles. The van der Waals surface area contributed by atoms with Gasteiger partial charge in [-0.25, -0.2) is 14.5 Å². The van der Waals surface area contributed by atoms with Gasteiger partial charge in [0.05, 0.1) is 19.0 Å². The molecular formula is C17H18N4O3. The molecule has 0 bridgehead atoms. The van der Waals surface area contributed by atoms with Crippen LogP contribution in [-0.2, 0) is 9.53 Å². The van der Waals surface area contributed by atoms with Crippen molar-refractivity contribution in [3.8, 4) is 5.69 Å². The zero-order valence-electron chi connectivity index (χ0n) is 14.0. The van der Waals surface area contributed by atoms with Crippen LogP contribution in [0.3, 0.4) is 0 Å². The molecule has 2 heterocycles. The number of nitrogens with zero attached hydrogens (tertiary/aromatic N) is 4. The van der Waals surface area contributed by atoms with Gasteiger partial charge in [0.2, 0.25) is 0 Å². The maximum absolute atomic E-state index is 12.6. The Balaban J connectivity index is 2.15. The van der Waals surface area contributed by atoms with E-state index in [1.165, 1.54) is 29.8 Å². The number of carbonyl (C=O) groups excluding carboxylic acids is 1. The van der Waals surface area contributed by atoms with E-state index in [0.29, 0.717) is 11.0 Å². The van der Waals surface area contributed by atoms with Gasteiger partial charge in [0, 0.05) is 0 Å². The van der Waals surface area contributed by atoms with Crippen LogP contribution in [0.25, 0.3) is 16.7 Å². The van der Waals surface area contributed by atoms with Crippen molar-refractivity contribution in [1.82, 2.24) is 19.3 Å². The largest absolute Gasteiger partial charge is 0.467 e. The van der Waals surface area contributed by atoms with E-state index in [-0.39, 0.29) is 5.56 Å². The first kappa shape index (κ1) is 15.9. The molecule has 0 saturated heterocycles. The van der Waals surface area contributed by atoms with Crippen LogP contribution >= 0.6 is 0 Å². The number of ether oxygens (including phenoxy) is 1. The Bertz CT molecular complexity index is 987. The lowest BCUT2D eigenvalue weighted by Crippen LogP contribution is -2.29. The molecule has 24 heavy (non-hydrogen) atoms. The first-order chi connectivity index (χ1) is 11.4. The summed E-state index contributed by atoms with van der Waals surface area (Å²) in [5.41, 5.74) is 3.27. The third kappa shape index (κ3) is 2.47. The molecule has 124 valence electrons. The Morgan fingerprint density at radius 3 is 2.67 bits per heavy atom. The van der Waals surface area contributed by atoms with E-state index in [1.807, 2.05) is 32.0 Å². The summed E-state index contributed by atoms with van der Waals surface area (Å²) in [5, 5.41) is 4.64. The fourth-order valence-corrected chi connectivity index (χ4v) is 2.53. The standard InChI is InChI=1S/C17H18N4O3/c1-10-5-6-13(7-11(10)2)21-15-14(8-19-21)16(22)20(9-18-15)12(3)17(23)24-4/h5-9,12H,1-4H3/t12-/m1/s1. The molecular weight excluding hydrogens is 308 g/mol. The minimum Gasteiger partial charge on any atom is -0.467 e. The maximum Gasteiger partial charge on any atom is 0.328 e. The highest BCUT2D eigenvalue weighted by Crippen LogP contribution is 2.17. The van der Waals surface area contributed by atoms with Gasteiger partial charge in [0.25, 0.3) is 5.56 Å². The third-order valence-electron chi connectivity index (χ3n) is 4.21. The minimum atomic E-state index is -0.746. The summed E-state index contributed by atoms with van der Waals surface area (Å²) < 4.78 is 7.56. The minimum absolute atomic E-state index is 0.326. The van der Waals surface area contributed by atoms with E-state index in [2.05, 4.69) is 14.8 Å². The van der Waals surface area contributed by atoms with Gasteiger partial charge in [-0.2, -0.15) is 5.10 Å². The normalized spacial score (nSPS) is 12.3. The van der Waals surface area contributed by atoms with Gasteiger partial charge in [0.1, 0.15) is 17.8 Å². The van der Waals surface area contributed by atoms with Crippen LogP contribution in [0.15, 0.2) is 35.5 Å². The number of aromatic nitrogens is 4. The molecule has 0 aliphatic heterocycles. The molecule has 2 aromatic heterocycles. The quantitative estimate of drug-likeness (QED) is 0.687. The predicted molar refractivity (Wildman–Crippen MR) is 89.3 cm³/mol. The molecule has 3 aromatic rings. The maximum atomic E-state index is 12.6. The van der Waals surface area contributed by atoms with E-state index >= 15 is 0 Å². The van der Waals surface area contributed by atoms with Crippen molar-refractivity contribution in [2.45, 2.75) is 26.8 Å². The van der Waals surface area contributed by atoms with Gasteiger partial charge in [-0.3, -0.25) is 9.36 Å². The molecule has 7 nitrogen and oxygen atoms in total. The molecule has 1 aromatic carbocycles. The van der Waals surface area contributed by atoms with E-state index in [9.17, 15) is 9.59 Å². The molecule has 0 N–H and O–H groups in total. The lowest BCUT2D eigenvalue weighted by atomic mass is 10.1.